The molecule has 2 saturated carbocycles. The molecule has 2 aliphatic heterocycles. The second-order valence-electron chi connectivity index (χ2n) is 11.5. The maximum absolute atomic E-state index is 13.8. The van der Waals surface area contributed by atoms with Crippen LogP contribution in [0.3, 0.4) is 0 Å². The topological polar surface area (TPSA) is 111 Å². The fraction of sp³-hybridized carbons (Fsp3) is 0.556. The van der Waals surface area contributed by atoms with E-state index in [9.17, 15) is 24.3 Å². The highest BCUT2D eigenvalue weighted by atomic mass is 32.2. The number of thioether (sulfide) groups is 1. The van der Waals surface area contributed by atoms with E-state index in [0.717, 1.165) is 32.5 Å². The highest BCUT2D eigenvalue weighted by Crippen LogP contribution is 2.68. The fourth-order valence-corrected chi connectivity index (χ4v) is 10.4. The highest BCUT2D eigenvalue weighted by molar-refractivity contribution is 8.00. The normalized spacial score (nSPS) is 32.5. The van der Waals surface area contributed by atoms with Crippen molar-refractivity contribution in [2.24, 2.45) is 35.5 Å². The number of nitrogens with zero attached hydrogens (tertiary/aromatic N) is 2. The first-order valence-corrected chi connectivity index (χ1v) is 14.5. The van der Waals surface area contributed by atoms with E-state index < -0.39 is 23.8 Å². The van der Waals surface area contributed by atoms with Crippen molar-refractivity contribution in [1.29, 1.82) is 0 Å². The third-order valence-corrected chi connectivity index (χ3v) is 11.4. The Labute approximate surface area is 223 Å². The van der Waals surface area contributed by atoms with Crippen LogP contribution in [0.1, 0.15) is 43.0 Å². The van der Waals surface area contributed by atoms with Gasteiger partial charge >= 0.3 is 10.8 Å². The second kappa shape index (κ2) is 8.73. The maximum atomic E-state index is 13.8. The first-order valence-electron chi connectivity index (χ1n) is 12.8. The molecule has 37 heavy (non-hydrogen) atoms. The third kappa shape index (κ3) is 3.62. The van der Waals surface area contributed by atoms with Crippen molar-refractivity contribution in [1.82, 2.24) is 9.88 Å². The minimum Gasteiger partial charge on any atom is -0.480 e. The number of thiazole rings is 1. The van der Waals surface area contributed by atoms with Crippen molar-refractivity contribution in [2.45, 2.75) is 48.9 Å². The lowest BCUT2D eigenvalue weighted by atomic mass is 9.68. The molecule has 3 fully saturated rings. The van der Waals surface area contributed by atoms with E-state index in [1.807, 2.05) is 32.8 Å². The van der Waals surface area contributed by atoms with Crippen LogP contribution in [0.4, 0.5) is 5.69 Å². The van der Waals surface area contributed by atoms with E-state index in [2.05, 4.69) is 29.2 Å². The number of hydrogen-bond donors (Lipinski definition) is 2. The molecule has 2 amide bonds. The summed E-state index contributed by atoms with van der Waals surface area (Å²) in [5.74, 6) is -2.62. The number of benzene rings is 1. The number of aromatic nitrogens is 1. The first kappa shape index (κ1) is 24.7. The van der Waals surface area contributed by atoms with Crippen molar-refractivity contribution in [3.63, 3.8) is 0 Å². The molecule has 2 aromatic rings. The van der Waals surface area contributed by atoms with Crippen molar-refractivity contribution < 1.29 is 19.5 Å². The number of nitrogens with one attached hydrogen (secondary N) is 1. The Morgan fingerprint density at radius 2 is 1.76 bits per heavy atom. The van der Waals surface area contributed by atoms with Gasteiger partial charge in [0.2, 0.25) is 11.8 Å². The zero-order valence-electron chi connectivity index (χ0n) is 21.2. The predicted octanol–water partition coefficient (Wildman–Crippen LogP) is 3.48. The number of fused-ring (bicyclic) bond motifs is 9. The number of carbonyl (C=O) groups is 3. The molecular weight excluding hydrogens is 510 g/mol. The minimum absolute atomic E-state index is 0.0138. The SMILES string of the molecule is CC(C)CC(C(=O)O)N1C(=O)C2C3CC(C2C1=O)C1C3Sc2[nH]c(=O)sc2[C@@H]1c1ccc(N(C)C)cc1. The zero-order chi connectivity index (χ0) is 26.3. The van der Waals surface area contributed by atoms with Crippen LogP contribution in [-0.4, -0.2) is 58.2 Å². The summed E-state index contributed by atoms with van der Waals surface area (Å²) in [4.78, 5) is 59.1. The van der Waals surface area contributed by atoms with E-state index in [1.54, 1.807) is 11.8 Å². The van der Waals surface area contributed by atoms with Crippen molar-refractivity contribution in [3.8, 4) is 0 Å². The quantitative estimate of drug-likeness (QED) is 0.539. The van der Waals surface area contributed by atoms with Crippen LogP contribution >= 0.6 is 23.1 Å². The van der Waals surface area contributed by atoms with E-state index in [-0.39, 0.29) is 57.9 Å². The van der Waals surface area contributed by atoms with Crippen LogP contribution in [0, 0.1) is 35.5 Å². The van der Waals surface area contributed by atoms with Crippen molar-refractivity contribution in [2.75, 3.05) is 19.0 Å². The molecule has 10 heteroatoms. The molecule has 1 saturated heterocycles. The highest BCUT2D eigenvalue weighted by Gasteiger charge is 2.70. The van der Waals surface area contributed by atoms with Crippen LogP contribution in [0.15, 0.2) is 34.1 Å². The van der Waals surface area contributed by atoms with Gasteiger partial charge in [-0.1, -0.05) is 37.3 Å². The van der Waals surface area contributed by atoms with Crippen LogP contribution < -0.4 is 9.77 Å². The number of likely N-dealkylation sites (tertiary alicyclic amines) is 1. The second-order valence-corrected chi connectivity index (χ2v) is 13.7. The number of rotatable bonds is 6. The molecule has 4 aliphatic rings. The molecule has 2 N–H and O–H groups in total. The van der Waals surface area contributed by atoms with Gasteiger partial charge in [-0.2, -0.15) is 0 Å². The van der Waals surface area contributed by atoms with Gasteiger partial charge in [0.25, 0.3) is 0 Å². The van der Waals surface area contributed by atoms with Gasteiger partial charge in [-0.3, -0.25) is 19.3 Å². The number of carboxylic acids is 1. The number of anilines is 1. The predicted molar refractivity (Wildman–Crippen MR) is 142 cm³/mol. The molecule has 8 atom stereocenters. The standard InChI is InChI=1S/C27H31N3O5S2/c1-11(2)9-16(26(33)34)30-24(31)19-14-10-15(20(19)25(30)32)21-18(14)17(22-23(36-21)28-27(35)37-22)12-5-7-13(8-6-12)29(3)4/h5-8,11,14-21H,9-10H2,1-4H3,(H,28,35)(H,33,34)/t14?,15?,16?,17-,18?,19?,20?,21?/m1/s1. The van der Waals surface area contributed by atoms with E-state index in [0.29, 0.717) is 0 Å². The van der Waals surface area contributed by atoms with E-state index in [4.69, 9.17) is 0 Å². The lowest BCUT2D eigenvalue weighted by molar-refractivity contribution is -0.156. The van der Waals surface area contributed by atoms with Gasteiger partial charge in [-0.05, 0) is 54.2 Å². The van der Waals surface area contributed by atoms with E-state index in [1.165, 1.54) is 11.3 Å². The van der Waals surface area contributed by atoms with Gasteiger partial charge < -0.3 is 15.0 Å². The molecule has 7 unspecified atom stereocenters. The summed E-state index contributed by atoms with van der Waals surface area (Å²) in [6.07, 6.45) is 1.04. The molecule has 3 heterocycles. The Morgan fingerprint density at radius 3 is 2.35 bits per heavy atom. The van der Waals surface area contributed by atoms with Crippen molar-refractivity contribution in [3.05, 3.63) is 44.4 Å². The number of aliphatic carboxylic acids is 1. The number of aromatic amines is 1. The molecule has 8 nitrogen and oxygen atoms in total. The van der Waals surface area contributed by atoms with Gasteiger partial charge in [0.1, 0.15) is 6.04 Å². The van der Waals surface area contributed by atoms with Gasteiger partial charge in [0.05, 0.1) is 16.9 Å². The first-order chi connectivity index (χ1) is 17.6. The Balaban J connectivity index is 1.40. The van der Waals surface area contributed by atoms with Crippen LogP contribution in [-0.2, 0) is 14.4 Å². The lowest BCUT2D eigenvalue weighted by Gasteiger charge is -2.43. The maximum Gasteiger partial charge on any atom is 0.326 e. The number of H-pyrrole nitrogens is 1. The lowest BCUT2D eigenvalue weighted by Crippen LogP contribution is -2.47. The molecule has 196 valence electrons. The molecule has 2 bridgehead atoms. The molecule has 0 spiro atoms. The van der Waals surface area contributed by atoms with Gasteiger partial charge in [-0.15, -0.1) is 11.8 Å². The summed E-state index contributed by atoms with van der Waals surface area (Å²) in [6, 6.07) is 7.26. The average Bonchev–Trinajstić information content (AvgIpc) is 3.56. The molecule has 6 rings (SSSR count). The molecular formula is C27H31N3O5S2. The Morgan fingerprint density at radius 1 is 1.11 bits per heavy atom. The number of amides is 2. The summed E-state index contributed by atoms with van der Waals surface area (Å²) in [7, 11) is 3.99. The van der Waals surface area contributed by atoms with Gasteiger partial charge in [0, 0.05) is 35.8 Å². The van der Waals surface area contributed by atoms with Crippen molar-refractivity contribution >= 4 is 46.6 Å². The van der Waals surface area contributed by atoms with Gasteiger partial charge in [0.15, 0.2) is 0 Å². The minimum atomic E-state index is -1.12. The summed E-state index contributed by atoms with van der Waals surface area (Å²) >= 11 is 2.89. The molecule has 1 aromatic carbocycles. The summed E-state index contributed by atoms with van der Waals surface area (Å²) < 4.78 is 0. The summed E-state index contributed by atoms with van der Waals surface area (Å²) in [6.45, 7) is 3.81. The number of carboxylic acid groups (broad SMARTS) is 1. The van der Waals surface area contributed by atoms with Crippen LogP contribution in [0.5, 0.6) is 0 Å². The molecule has 2 aliphatic carbocycles. The smallest absolute Gasteiger partial charge is 0.326 e. The third-order valence-electron chi connectivity index (χ3n) is 8.82. The molecule has 0 radical (unpaired) electrons. The summed E-state index contributed by atoms with van der Waals surface area (Å²) in [5.41, 5.74) is 2.19. The summed E-state index contributed by atoms with van der Waals surface area (Å²) in [5, 5.41) is 10.9. The number of carbonyl (C=O) groups excluding carboxylic acids is 2. The zero-order valence-corrected chi connectivity index (χ0v) is 22.8. The Bertz CT molecular complexity index is 1330. The number of hydrogen-bond acceptors (Lipinski definition) is 7. The van der Waals surface area contributed by atoms with Crippen LogP contribution in [0.25, 0.3) is 0 Å². The van der Waals surface area contributed by atoms with Gasteiger partial charge in [-0.25, -0.2) is 4.79 Å². The van der Waals surface area contributed by atoms with Crippen LogP contribution in [0.2, 0.25) is 0 Å². The monoisotopic (exact) mass is 541 g/mol. The molecule has 1 aromatic heterocycles. The fourth-order valence-electron chi connectivity index (χ4n) is 7.46. The number of imide groups is 1. The Hall–Kier alpha value is -2.59. The Kier molecular flexibility index (Phi) is 5.83. The largest absolute Gasteiger partial charge is 0.480 e. The van der Waals surface area contributed by atoms with E-state index >= 15 is 0 Å². The average molecular weight is 542 g/mol.